The van der Waals surface area contributed by atoms with Crippen LogP contribution in [0.3, 0.4) is 0 Å². The van der Waals surface area contributed by atoms with Gasteiger partial charge < -0.3 is 20.7 Å². The lowest BCUT2D eigenvalue weighted by Gasteiger charge is -2.17. The van der Waals surface area contributed by atoms with Crippen molar-refractivity contribution in [2.45, 2.75) is 25.9 Å². The van der Waals surface area contributed by atoms with Gasteiger partial charge in [0.2, 0.25) is 15.9 Å². The number of ether oxygens (including phenoxy) is 1. The first-order valence-corrected chi connectivity index (χ1v) is 11.2. The maximum Gasteiger partial charge on any atom is 0.232 e. The summed E-state index contributed by atoms with van der Waals surface area (Å²) in [6.45, 7) is 4.08. The average Bonchev–Trinajstić information content (AvgIpc) is 3.16. The summed E-state index contributed by atoms with van der Waals surface area (Å²) in [6, 6.07) is 9.13. The van der Waals surface area contributed by atoms with Gasteiger partial charge in [-0.25, -0.2) is 8.42 Å². The predicted molar refractivity (Wildman–Crippen MR) is 114 cm³/mol. The quantitative estimate of drug-likeness (QED) is 0.596. The van der Waals surface area contributed by atoms with Crippen molar-refractivity contribution < 1.29 is 17.9 Å². The number of nitrogens with one attached hydrogen (secondary N) is 4. The van der Waals surface area contributed by atoms with Crippen molar-refractivity contribution >= 4 is 38.7 Å². The molecule has 2 unspecified atom stereocenters. The maximum atomic E-state index is 12.3. The third-order valence-corrected chi connectivity index (χ3v) is 5.79. The van der Waals surface area contributed by atoms with Gasteiger partial charge in [0.25, 0.3) is 0 Å². The van der Waals surface area contributed by atoms with Gasteiger partial charge in [0.15, 0.2) is 0 Å². The third kappa shape index (κ3) is 3.57. The molecule has 0 aliphatic carbocycles. The van der Waals surface area contributed by atoms with E-state index in [1.807, 2.05) is 32.0 Å². The molecule has 2 heterocycles. The minimum absolute atomic E-state index is 0.0332. The van der Waals surface area contributed by atoms with Crippen LogP contribution in [-0.4, -0.2) is 27.7 Å². The molecule has 2 atom stereocenters. The fourth-order valence-electron chi connectivity index (χ4n) is 3.96. The van der Waals surface area contributed by atoms with Gasteiger partial charge in [-0.05, 0) is 35.7 Å². The molecule has 2 aliphatic rings. The van der Waals surface area contributed by atoms with E-state index in [9.17, 15) is 13.2 Å². The van der Waals surface area contributed by atoms with E-state index >= 15 is 0 Å². The predicted octanol–water partition coefficient (Wildman–Crippen LogP) is 3.29. The first kappa shape index (κ1) is 19.4. The van der Waals surface area contributed by atoms with Crippen molar-refractivity contribution in [1.82, 2.24) is 0 Å². The fourth-order valence-corrected chi connectivity index (χ4v) is 4.52. The maximum absolute atomic E-state index is 12.3. The second kappa shape index (κ2) is 6.84. The molecule has 4 rings (SSSR count). The Kier molecular flexibility index (Phi) is 4.57. The molecule has 0 bridgehead atoms. The summed E-state index contributed by atoms with van der Waals surface area (Å²) >= 11 is 0. The molecule has 0 radical (unpaired) electrons. The van der Waals surface area contributed by atoms with Crippen molar-refractivity contribution in [1.29, 1.82) is 0 Å². The molecule has 29 heavy (non-hydrogen) atoms. The van der Waals surface area contributed by atoms with Gasteiger partial charge in [-0.15, -0.1) is 0 Å². The van der Waals surface area contributed by atoms with Crippen LogP contribution in [0, 0.1) is 5.92 Å². The molecule has 0 aromatic heterocycles. The summed E-state index contributed by atoms with van der Waals surface area (Å²) in [5.74, 6) is 0.629. The van der Waals surface area contributed by atoms with E-state index in [0.29, 0.717) is 11.4 Å². The van der Waals surface area contributed by atoms with Crippen molar-refractivity contribution in [2.75, 3.05) is 34.0 Å². The monoisotopic (exact) mass is 416 g/mol. The van der Waals surface area contributed by atoms with E-state index in [2.05, 4.69) is 20.7 Å². The Morgan fingerprint density at radius 1 is 1.03 bits per heavy atom. The highest BCUT2D eigenvalue weighted by molar-refractivity contribution is 7.92. The van der Waals surface area contributed by atoms with Crippen molar-refractivity contribution in [3.8, 4) is 5.75 Å². The van der Waals surface area contributed by atoms with Crippen LogP contribution < -0.4 is 25.4 Å². The molecule has 4 N–H and O–H groups in total. The highest BCUT2D eigenvalue weighted by Crippen LogP contribution is 2.46. The number of hydrogen-bond acceptors (Lipinski definition) is 6. The summed E-state index contributed by atoms with van der Waals surface area (Å²) in [5.41, 5.74) is 4.91. The topological polar surface area (TPSA) is 109 Å². The molecule has 2 aliphatic heterocycles. The number of hydrogen-bond donors (Lipinski definition) is 4. The summed E-state index contributed by atoms with van der Waals surface area (Å²) in [6.07, 6.45) is 0.856. The first-order chi connectivity index (χ1) is 13.7. The summed E-state index contributed by atoms with van der Waals surface area (Å²) in [7, 11) is -1.83. The zero-order valence-corrected chi connectivity index (χ0v) is 17.5. The molecule has 0 spiro atoms. The molecule has 0 saturated heterocycles. The van der Waals surface area contributed by atoms with E-state index in [-0.39, 0.29) is 23.9 Å². The number of carbonyl (C=O) groups excluding carboxylic acids is 1. The highest BCUT2D eigenvalue weighted by Gasteiger charge is 2.35. The van der Waals surface area contributed by atoms with E-state index in [1.165, 1.54) is 0 Å². The van der Waals surface area contributed by atoms with Gasteiger partial charge in [0, 0.05) is 17.3 Å². The molecule has 2 aromatic rings. The lowest BCUT2D eigenvalue weighted by Crippen LogP contribution is -2.17. The van der Waals surface area contributed by atoms with E-state index in [0.717, 1.165) is 34.4 Å². The van der Waals surface area contributed by atoms with Crippen molar-refractivity contribution in [3.05, 3.63) is 41.5 Å². The normalized spacial score (nSPS) is 19.8. The number of sulfonamides is 1. The molecule has 154 valence electrons. The SMILES string of the molecule is COc1cc(NS(C)(=O)=O)ccc1C1Nc2cc3c(cc2N1)C(C(C)C)C(=O)N3. The number of carbonyl (C=O) groups is 1. The van der Waals surface area contributed by atoms with E-state index in [1.54, 1.807) is 19.2 Å². The highest BCUT2D eigenvalue weighted by atomic mass is 32.2. The number of amides is 1. The lowest BCUT2D eigenvalue weighted by atomic mass is 9.89. The van der Waals surface area contributed by atoms with Gasteiger partial charge >= 0.3 is 0 Å². The smallest absolute Gasteiger partial charge is 0.232 e. The Morgan fingerprint density at radius 2 is 1.72 bits per heavy atom. The largest absolute Gasteiger partial charge is 0.496 e. The van der Waals surface area contributed by atoms with Crippen LogP contribution in [0.2, 0.25) is 0 Å². The average molecular weight is 417 g/mol. The van der Waals surface area contributed by atoms with Gasteiger partial charge in [-0.2, -0.15) is 0 Å². The van der Waals surface area contributed by atoms with Crippen LogP contribution in [0.5, 0.6) is 5.75 Å². The molecule has 8 nitrogen and oxygen atoms in total. The molecule has 0 saturated carbocycles. The minimum Gasteiger partial charge on any atom is -0.496 e. The number of fused-ring (bicyclic) bond motifs is 2. The molecule has 1 amide bonds. The van der Waals surface area contributed by atoms with Crippen molar-refractivity contribution in [3.63, 3.8) is 0 Å². The standard InChI is InChI=1S/C20H24N4O4S/c1-10(2)18-13-8-15-16(9-14(13)23-20(18)25)22-19(21-15)12-6-5-11(7-17(12)28-3)24-29(4,26)27/h5-10,18-19,21-22,24H,1-4H3,(H,23,25). The second-order valence-electron chi connectivity index (χ2n) is 7.75. The fraction of sp³-hybridized carbons (Fsp3) is 0.350. The van der Waals surface area contributed by atoms with Gasteiger partial charge in [0.05, 0.1) is 36.3 Å². The molecular formula is C20H24N4O4S. The first-order valence-electron chi connectivity index (χ1n) is 9.34. The van der Waals surface area contributed by atoms with Crippen molar-refractivity contribution in [2.24, 2.45) is 5.92 Å². The van der Waals surface area contributed by atoms with Crippen LogP contribution in [0.15, 0.2) is 30.3 Å². The van der Waals surface area contributed by atoms with Crippen LogP contribution in [-0.2, 0) is 14.8 Å². The van der Waals surface area contributed by atoms with Gasteiger partial charge in [0.1, 0.15) is 11.9 Å². The summed E-state index contributed by atoms with van der Waals surface area (Å²) < 4.78 is 30.9. The second-order valence-corrected chi connectivity index (χ2v) is 9.50. The number of rotatable bonds is 5. The Hall–Kier alpha value is -2.94. The van der Waals surface area contributed by atoms with Crippen LogP contribution in [0.4, 0.5) is 22.7 Å². The lowest BCUT2D eigenvalue weighted by molar-refractivity contribution is -0.117. The van der Waals surface area contributed by atoms with Gasteiger partial charge in [-0.1, -0.05) is 13.8 Å². The zero-order chi connectivity index (χ0) is 20.9. The van der Waals surface area contributed by atoms with Crippen LogP contribution in [0.25, 0.3) is 0 Å². The number of methoxy groups -OCH3 is 1. The molecular weight excluding hydrogens is 392 g/mol. The number of anilines is 4. The van der Waals surface area contributed by atoms with E-state index in [4.69, 9.17) is 4.74 Å². The summed E-state index contributed by atoms with van der Waals surface area (Å²) in [4.78, 5) is 12.3. The van der Waals surface area contributed by atoms with E-state index < -0.39 is 10.0 Å². The zero-order valence-electron chi connectivity index (χ0n) is 16.7. The Bertz CT molecular complexity index is 1100. The van der Waals surface area contributed by atoms with Crippen LogP contribution in [0.1, 0.15) is 37.1 Å². The summed E-state index contributed by atoms with van der Waals surface area (Å²) in [5, 5.41) is 9.80. The molecule has 0 fully saturated rings. The van der Waals surface area contributed by atoms with Crippen LogP contribution >= 0.6 is 0 Å². The Labute approximate surface area is 170 Å². The minimum atomic E-state index is -3.37. The molecule has 9 heteroatoms. The van der Waals surface area contributed by atoms with Gasteiger partial charge in [-0.3, -0.25) is 9.52 Å². The Balaban J connectivity index is 1.63. The molecule has 2 aromatic carbocycles. The Morgan fingerprint density at radius 3 is 2.34 bits per heavy atom. The third-order valence-electron chi connectivity index (χ3n) is 5.18. The number of benzene rings is 2.